The highest BCUT2D eigenvalue weighted by atomic mass is 19.1. The van der Waals surface area contributed by atoms with Crippen LogP contribution >= 0.6 is 0 Å². The number of nitrogens with one attached hydrogen (secondary N) is 3. The second-order valence-electron chi connectivity index (χ2n) is 6.76. The van der Waals surface area contributed by atoms with Gasteiger partial charge in [-0.05, 0) is 44.9 Å². The molecule has 1 aromatic heterocycles. The molecule has 1 unspecified atom stereocenters. The Balaban J connectivity index is 1.78. The van der Waals surface area contributed by atoms with Crippen LogP contribution in [0.3, 0.4) is 0 Å². The molecule has 1 atom stereocenters. The number of amides is 1. The summed E-state index contributed by atoms with van der Waals surface area (Å²) in [4.78, 5) is 16.2. The molecule has 7 nitrogen and oxygen atoms in total. The van der Waals surface area contributed by atoms with E-state index in [1.54, 1.807) is 19.2 Å². The summed E-state index contributed by atoms with van der Waals surface area (Å²) in [5, 5.41) is 13.6. The van der Waals surface area contributed by atoms with Crippen molar-refractivity contribution in [1.82, 2.24) is 25.7 Å². The predicted molar refractivity (Wildman–Crippen MR) is 109 cm³/mol. The summed E-state index contributed by atoms with van der Waals surface area (Å²) in [6, 6.07) is 6.07. The summed E-state index contributed by atoms with van der Waals surface area (Å²) in [6.45, 7) is 6.98. The fourth-order valence-corrected chi connectivity index (χ4v) is 3.00. The molecule has 0 spiro atoms. The average molecular weight is 388 g/mol. The first-order valence-corrected chi connectivity index (χ1v) is 9.32. The van der Waals surface area contributed by atoms with Gasteiger partial charge in [-0.2, -0.15) is 5.10 Å². The molecule has 8 heteroatoms. The number of nitrogens with zero attached hydrogens (tertiary/aromatic N) is 3. The number of benzene rings is 1. The Labute approximate surface area is 165 Å². The molecule has 1 amide bonds. The molecule has 3 N–H and O–H groups in total. The van der Waals surface area contributed by atoms with E-state index in [0.29, 0.717) is 19.0 Å². The smallest absolute Gasteiger partial charge is 0.254 e. The van der Waals surface area contributed by atoms with Crippen molar-refractivity contribution in [1.29, 1.82) is 0 Å². The normalized spacial score (nSPS) is 12.6. The Morgan fingerprint density at radius 2 is 1.93 bits per heavy atom. The van der Waals surface area contributed by atoms with Gasteiger partial charge in [-0.25, -0.2) is 4.39 Å². The second kappa shape index (κ2) is 9.87. The first-order chi connectivity index (χ1) is 13.3. The van der Waals surface area contributed by atoms with Crippen LogP contribution in [0.25, 0.3) is 0 Å². The van der Waals surface area contributed by atoms with Gasteiger partial charge in [0.25, 0.3) is 5.91 Å². The maximum atomic E-state index is 13.6. The van der Waals surface area contributed by atoms with Gasteiger partial charge < -0.3 is 16.0 Å². The van der Waals surface area contributed by atoms with Crippen molar-refractivity contribution >= 4 is 11.9 Å². The summed E-state index contributed by atoms with van der Waals surface area (Å²) in [5.41, 5.74) is 3.47. The van der Waals surface area contributed by atoms with Gasteiger partial charge in [0.15, 0.2) is 5.96 Å². The third-order valence-electron chi connectivity index (χ3n) is 4.60. The number of hydrogen-bond donors (Lipinski definition) is 3. The monoisotopic (exact) mass is 388 g/mol. The first-order valence-electron chi connectivity index (χ1n) is 9.32. The van der Waals surface area contributed by atoms with Crippen LogP contribution in [-0.4, -0.2) is 47.8 Å². The average Bonchev–Trinajstić information content (AvgIpc) is 2.90. The highest BCUT2D eigenvalue weighted by Gasteiger charge is 2.14. The molecule has 1 heterocycles. The maximum Gasteiger partial charge on any atom is 0.254 e. The lowest BCUT2D eigenvalue weighted by atomic mass is 10.1. The lowest BCUT2D eigenvalue weighted by Gasteiger charge is -2.18. The van der Waals surface area contributed by atoms with E-state index < -0.39 is 11.7 Å². The van der Waals surface area contributed by atoms with E-state index in [1.165, 1.54) is 17.7 Å². The van der Waals surface area contributed by atoms with E-state index >= 15 is 0 Å². The van der Waals surface area contributed by atoms with Crippen LogP contribution in [0, 0.1) is 19.7 Å². The number of aliphatic imine (C=N–C) groups is 1. The molecular weight excluding hydrogens is 359 g/mol. The number of carbonyl (C=O) groups is 1. The minimum Gasteiger partial charge on any atom is -0.355 e. The van der Waals surface area contributed by atoms with E-state index in [0.717, 1.165) is 17.8 Å². The van der Waals surface area contributed by atoms with Crippen LogP contribution in [0.5, 0.6) is 0 Å². The van der Waals surface area contributed by atoms with Gasteiger partial charge in [-0.15, -0.1) is 0 Å². The number of halogens is 1. The number of aryl methyl sites for hydroxylation is 2. The van der Waals surface area contributed by atoms with Gasteiger partial charge in [-0.3, -0.25) is 14.5 Å². The number of guanidine groups is 1. The van der Waals surface area contributed by atoms with Crippen molar-refractivity contribution in [2.75, 3.05) is 20.1 Å². The third-order valence-corrected chi connectivity index (χ3v) is 4.60. The summed E-state index contributed by atoms with van der Waals surface area (Å²) in [7, 11) is 3.64. The summed E-state index contributed by atoms with van der Waals surface area (Å²) < 4.78 is 15.5. The van der Waals surface area contributed by atoms with Crippen molar-refractivity contribution < 1.29 is 9.18 Å². The van der Waals surface area contributed by atoms with Gasteiger partial charge in [0.1, 0.15) is 5.82 Å². The molecule has 2 aromatic rings. The van der Waals surface area contributed by atoms with E-state index in [9.17, 15) is 9.18 Å². The molecule has 1 aromatic carbocycles. The van der Waals surface area contributed by atoms with Crippen molar-refractivity contribution in [3.8, 4) is 0 Å². The Morgan fingerprint density at radius 1 is 1.25 bits per heavy atom. The van der Waals surface area contributed by atoms with Gasteiger partial charge in [-0.1, -0.05) is 12.1 Å². The van der Waals surface area contributed by atoms with Crippen LogP contribution in [0.2, 0.25) is 0 Å². The Hall–Kier alpha value is -2.90. The fraction of sp³-hybridized carbons (Fsp3) is 0.450. The predicted octanol–water partition coefficient (Wildman–Crippen LogP) is 1.70. The fourth-order valence-electron chi connectivity index (χ4n) is 3.00. The molecule has 0 radical (unpaired) electrons. The molecule has 0 fully saturated rings. The van der Waals surface area contributed by atoms with Crippen LogP contribution < -0.4 is 16.0 Å². The standard InChI is InChI=1S/C20H29FN6O/c1-13(12-17-14(2)26-27(5)15(17)3)25-20(22-4)24-11-10-23-19(28)16-8-6-7-9-18(16)21/h6-9,13H,10-12H2,1-5H3,(H,23,28)(H2,22,24,25). The lowest BCUT2D eigenvalue weighted by Crippen LogP contribution is -2.45. The van der Waals surface area contributed by atoms with Crippen LogP contribution in [-0.2, 0) is 13.5 Å². The van der Waals surface area contributed by atoms with Crippen LogP contribution in [0.1, 0.15) is 34.2 Å². The number of aromatic nitrogens is 2. The summed E-state index contributed by atoms with van der Waals surface area (Å²) in [6.07, 6.45) is 0.830. The van der Waals surface area contributed by atoms with E-state index in [1.807, 2.05) is 18.7 Å². The third kappa shape index (κ3) is 5.55. The molecular formula is C20H29FN6O. The number of hydrogen-bond acceptors (Lipinski definition) is 3. The Kier molecular flexibility index (Phi) is 7.54. The van der Waals surface area contributed by atoms with Gasteiger partial charge >= 0.3 is 0 Å². The highest BCUT2D eigenvalue weighted by molar-refractivity contribution is 5.94. The first kappa shape index (κ1) is 21.4. The van der Waals surface area contributed by atoms with Crippen molar-refractivity contribution in [3.05, 3.63) is 52.6 Å². The number of rotatable bonds is 7. The maximum absolute atomic E-state index is 13.6. The SMILES string of the molecule is CN=C(NCCNC(=O)c1ccccc1F)NC(C)Cc1c(C)nn(C)c1C. The van der Waals surface area contributed by atoms with Gasteiger partial charge in [0, 0.05) is 38.9 Å². The number of carbonyl (C=O) groups excluding carboxylic acids is 1. The van der Waals surface area contributed by atoms with E-state index in [2.05, 4.69) is 39.9 Å². The minimum absolute atomic E-state index is 0.0424. The molecule has 0 aliphatic rings. The van der Waals surface area contributed by atoms with Crippen molar-refractivity contribution in [2.45, 2.75) is 33.2 Å². The summed E-state index contributed by atoms with van der Waals surface area (Å²) in [5.74, 6) is -0.314. The zero-order chi connectivity index (χ0) is 20.7. The van der Waals surface area contributed by atoms with Gasteiger partial charge in [0.05, 0.1) is 11.3 Å². The quantitative estimate of drug-likeness (QED) is 0.383. The zero-order valence-corrected chi connectivity index (χ0v) is 17.1. The lowest BCUT2D eigenvalue weighted by molar-refractivity contribution is 0.0950. The second-order valence-corrected chi connectivity index (χ2v) is 6.76. The molecule has 2 rings (SSSR count). The van der Waals surface area contributed by atoms with Crippen molar-refractivity contribution in [2.24, 2.45) is 12.0 Å². The Morgan fingerprint density at radius 3 is 2.54 bits per heavy atom. The largest absolute Gasteiger partial charge is 0.355 e. The van der Waals surface area contributed by atoms with Crippen molar-refractivity contribution in [3.63, 3.8) is 0 Å². The Bertz CT molecular complexity index is 845. The topological polar surface area (TPSA) is 83.3 Å². The van der Waals surface area contributed by atoms with E-state index in [4.69, 9.17) is 0 Å². The van der Waals surface area contributed by atoms with E-state index in [-0.39, 0.29) is 11.6 Å². The van der Waals surface area contributed by atoms with Crippen LogP contribution in [0.15, 0.2) is 29.3 Å². The molecule has 0 saturated heterocycles. The molecule has 0 aliphatic heterocycles. The minimum atomic E-state index is -0.528. The van der Waals surface area contributed by atoms with Gasteiger partial charge in [0.2, 0.25) is 0 Å². The molecule has 0 bridgehead atoms. The highest BCUT2D eigenvalue weighted by Crippen LogP contribution is 2.14. The zero-order valence-electron chi connectivity index (χ0n) is 17.1. The molecule has 28 heavy (non-hydrogen) atoms. The summed E-state index contributed by atoms with van der Waals surface area (Å²) >= 11 is 0. The molecule has 0 aliphatic carbocycles. The molecule has 0 saturated carbocycles. The molecule has 152 valence electrons. The van der Waals surface area contributed by atoms with Crippen LogP contribution in [0.4, 0.5) is 4.39 Å².